The van der Waals surface area contributed by atoms with Gasteiger partial charge in [0.1, 0.15) is 24.7 Å². The molecule has 21 heavy (non-hydrogen) atoms. The van der Waals surface area contributed by atoms with Crippen molar-refractivity contribution in [1.82, 2.24) is 4.90 Å². The molecule has 0 aromatic heterocycles. The molecule has 2 N–H and O–H groups in total. The molecule has 0 heterocycles. The van der Waals surface area contributed by atoms with Crippen LogP contribution in [-0.4, -0.2) is 51.8 Å². The molecule has 0 spiro atoms. The van der Waals surface area contributed by atoms with E-state index in [4.69, 9.17) is 10.2 Å². The lowest BCUT2D eigenvalue weighted by Gasteiger charge is -2.18. The smallest absolute Gasteiger partial charge is 0.323 e. The fraction of sp³-hybridized carbons (Fsp3) is 0.250. The minimum Gasteiger partial charge on any atom is -0.480 e. The lowest BCUT2D eigenvalue weighted by atomic mass is 10.3. The Morgan fingerprint density at radius 2 is 1.67 bits per heavy atom. The predicted molar refractivity (Wildman–Crippen MR) is 68.9 cm³/mol. The highest BCUT2D eigenvalue weighted by Crippen LogP contribution is 2.22. The largest absolute Gasteiger partial charge is 0.480 e. The summed E-state index contributed by atoms with van der Waals surface area (Å²) in [5, 5.41) is 17.2. The van der Waals surface area contributed by atoms with E-state index < -0.39 is 42.6 Å². The van der Waals surface area contributed by atoms with Crippen LogP contribution in [0.5, 0.6) is 0 Å². The lowest BCUT2D eigenvalue weighted by molar-refractivity contribution is -0.148. The second kappa shape index (κ2) is 7.58. The number of nitrogens with zero attached hydrogens (tertiary/aromatic N) is 1. The van der Waals surface area contributed by atoms with Crippen LogP contribution in [0.3, 0.4) is 0 Å². The van der Waals surface area contributed by atoms with Crippen LogP contribution in [0, 0.1) is 11.6 Å². The van der Waals surface area contributed by atoms with Crippen LogP contribution >= 0.6 is 11.8 Å². The Labute approximate surface area is 122 Å². The van der Waals surface area contributed by atoms with Crippen molar-refractivity contribution in [3.05, 3.63) is 29.8 Å². The van der Waals surface area contributed by atoms with Crippen LogP contribution in [0.25, 0.3) is 0 Å². The van der Waals surface area contributed by atoms with Crippen molar-refractivity contribution >= 4 is 29.6 Å². The van der Waals surface area contributed by atoms with Crippen LogP contribution in [0.4, 0.5) is 8.78 Å². The molecule has 0 saturated carbocycles. The van der Waals surface area contributed by atoms with Crippen molar-refractivity contribution < 1.29 is 33.4 Å². The molecular weight excluding hydrogens is 308 g/mol. The first-order chi connectivity index (χ1) is 9.79. The highest BCUT2D eigenvalue weighted by molar-refractivity contribution is 8.00. The predicted octanol–water partition coefficient (Wildman–Crippen LogP) is 1.05. The van der Waals surface area contributed by atoms with Crippen molar-refractivity contribution in [1.29, 1.82) is 0 Å². The van der Waals surface area contributed by atoms with Gasteiger partial charge in [0.25, 0.3) is 0 Å². The van der Waals surface area contributed by atoms with Crippen molar-refractivity contribution in [2.45, 2.75) is 4.90 Å². The van der Waals surface area contributed by atoms with E-state index in [1.165, 1.54) is 0 Å². The summed E-state index contributed by atoms with van der Waals surface area (Å²) in [5.74, 6) is -5.46. The van der Waals surface area contributed by atoms with Gasteiger partial charge in [-0.25, -0.2) is 8.78 Å². The second-order valence-electron chi connectivity index (χ2n) is 3.90. The van der Waals surface area contributed by atoms with Crippen molar-refractivity contribution in [3.63, 3.8) is 0 Å². The van der Waals surface area contributed by atoms with Gasteiger partial charge < -0.3 is 15.1 Å². The summed E-state index contributed by atoms with van der Waals surface area (Å²) in [6.45, 7) is -1.53. The molecule has 0 unspecified atom stereocenters. The summed E-state index contributed by atoms with van der Waals surface area (Å²) in [5.41, 5.74) is 0. The van der Waals surface area contributed by atoms with Crippen molar-refractivity contribution in [2.75, 3.05) is 18.8 Å². The van der Waals surface area contributed by atoms with E-state index in [2.05, 4.69) is 0 Å². The zero-order valence-electron chi connectivity index (χ0n) is 10.6. The van der Waals surface area contributed by atoms with E-state index in [0.29, 0.717) is 11.0 Å². The van der Waals surface area contributed by atoms with Crippen molar-refractivity contribution in [2.24, 2.45) is 0 Å². The molecule has 1 rings (SSSR count). The van der Waals surface area contributed by atoms with Crippen LogP contribution in [0.15, 0.2) is 23.1 Å². The number of carboxylic acids is 2. The number of carbonyl (C=O) groups excluding carboxylic acids is 1. The number of benzene rings is 1. The number of carbonyl (C=O) groups is 3. The first-order valence-electron chi connectivity index (χ1n) is 5.59. The highest BCUT2D eigenvalue weighted by atomic mass is 32.2. The molecule has 0 fully saturated rings. The standard InChI is InChI=1S/C12H11F2NO5S/c13-7-1-2-9(8(14)3-7)21-6-10(16)15(4-11(17)18)5-12(19)20/h1-3H,4-6H2,(H,17,18)(H,19,20). The molecule has 114 valence electrons. The van der Waals surface area contributed by atoms with Gasteiger partial charge in [0.05, 0.1) is 5.75 Å². The van der Waals surface area contributed by atoms with Crippen LogP contribution in [-0.2, 0) is 14.4 Å². The molecule has 0 aliphatic heterocycles. The zero-order valence-corrected chi connectivity index (χ0v) is 11.4. The van der Waals surface area contributed by atoms with Crippen LogP contribution < -0.4 is 0 Å². The average molecular weight is 319 g/mol. The third-order valence-corrected chi connectivity index (χ3v) is 3.28. The van der Waals surface area contributed by atoms with E-state index in [1.54, 1.807) is 0 Å². The number of amides is 1. The van der Waals surface area contributed by atoms with E-state index in [-0.39, 0.29) is 10.6 Å². The van der Waals surface area contributed by atoms with Gasteiger partial charge in [0.2, 0.25) is 5.91 Å². The molecule has 1 amide bonds. The van der Waals surface area contributed by atoms with E-state index >= 15 is 0 Å². The minimum absolute atomic E-state index is 0.00958. The van der Waals surface area contributed by atoms with E-state index in [9.17, 15) is 23.2 Å². The Bertz CT molecular complexity index is 551. The van der Waals surface area contributed by atoms with Gasteiger partial charge in [-0.3, -0.25) is 14.4 Å². The SMILES string of the molecule is O=C(O)CN(CC(=O)O)C(=O)CSc1ccc(F)cc1F. The number of thioether (sulfide) groups is 1. The molecule has 6 nitrogen and oxygen atoms in total. The number of hydrogen-bond acceptors (Lipinski definition) is 4. The molecule has 1 aromatic carbocycles. The fourth-order valence-electron chi connectivity index (χ4n) is 1.38. The highest BCUT2D eigenvalue weighted by Gasteiger charge is 2.20. The van der Waals surface area contributed by atoms with E-state index in [0.717, 1.165) is 23.9 Å². The maximum absolute atomic E-state index is 13.3. The first-order valence-corrected chi connectivity index (χ1v) is 6.57. The molecule has 1 aromatic rings. The van der Waals surface area contributed by atoms with Crippen LogP contribution in [0.1, 0.15) is 0 Å². The summed E-state index contributed by atoms with van der Waals surface area (Å²) in [4.78, 5) is 33.5. The molecule has 0 radical (unpaired) electrons. The summed E-state index contributed by atoms with van der Waals surface area (Å²) in [6.07, 6.45) is 0. The topological polar surface area (TPSA) is 94.9 Å². The summed E-state index contributed by atoms with van der Waals surface area (Å²) in [6, 6.07) is 2.81. The third-order valence-electron chi connectivity index (χ3n) is 2.25. The average Bonchev–Trinajstić information content (AvgIpc) is 2.35. The monoisotopic (exact) mass is 319 g/mol. The van der Waals surface area contributed by atoms with E-state index in [1.807, 2.05) is 0 Å². The third kappa shape index (κ3) is 5.78. The van der Waals surface area contributed by atoms with Crippen molar-refractivity contribution in [3.8, 4) is 0 Å². The zero-order chi connectivity index (χ0) is 16.0. The Morgan fingerprint density at radius 1 is 1.10 bits per heavy atom. The van der Waals surface area contributed by atoms with Gasteiger partial charge >= 0.3 is 11.9 Å². The summed E-state index contributed by atoms with van der Waals surface area (Å²) in [7, 11) is 0. The molecule has 9 heteroatoms. The number of halogens is 2. The number of rotatable bonds is 7. The Balaban J connectivity index is 2.68. The summed E-state index contributed by atoms with van der Waals surface area (Å²) < 4.78 is 26.1. The van der Waals surface area contributed by atoms with Gasteiger partial charge in [-0.1, -0.05) is 0 Å². The number of aliphatic carboxylic acids is 2. The number of hydrogen-bond donors (Lipinski definition) is 2. The van der Waals surface area contributed by atoms with Crippen LogP contribution in [0.2, 0.25) is 0 Å². The van der Waals surface area contributed by atoms with Gasteiger partial charge in [-0.2, -0.15) is 0 Å². The Kier molecular flexibility index (Phi) is 6.10. The normalized spacial score (nSPS) is 10.2. The Hall–Kier alpha value is -2.16. The first kappa shape index (κ1) is 16.9. The molecule has 0 bridgehead atoms. The minimum atomic E-state index is -1.36. The quantitative estimate of drug-likeness (QED) is 0.730. The second-order valence-corrected chi connectivity index (χ2v) is 4.92. The number of carboxylic acid groups (broad SMARTS) is 2. The molecular formula is C12H11F2NO5S. The van der Waals surface area contributed by atoms with Gasteiger partial charge in [0, 0.05) is 11.0 Å². The van der Waals surface area contributed by atoms with Gasteiger partial charge in [0.15, 0.2) is 0 Å². The summed E-state index contributed by atoms with van der Waals surface area (Å²) >= 11 is 0.728. The Morgan fingerprint density at radius 3 is 2.14 bits per heavy atom. The maximum Gasteiger partial charge on any atom is 0.323 e. The van der Waals surface area contributed by atoms with Gasteiger partial charge in [-0.15, -0.1) is 11.8 Å². The molecule has 0 aliphatic rings. The maximum atomic E-state index is 13.3. The van der Waals surface area contributed by atoms with Gasteiger partial charge in [-0.05, 0) is 12.1 Å². The molecule has 0 saturated heterocycles. The molecule has 0 atom stereocenters. The fourth-order valence-corrected chi connectivity index (χ4v) is 2.20. The molecule has 0 aliphatic carbocycles. The lowest BCUT2D eigenvalue weighted by Crippen LogP contribution is -2.40.